The number of aliphatic hydroxyl groups is 4. The number of primary amides is 1. The van der Waals surface area contributed by atoms with Gasteiger partial charge in [-0.25, -0.2) is 0 Å². The van der Waals surface area contributed by atoms with Crippen molar-refractivity contribution in [2.45, 2.75) is 30.6 Å². The van der Waals surface area contributed by atoms with Gasteiger partial charge in [-0.3, -0.25) is 19.3 Å². The number of aromatic hydroxyl groups is 1. The third kappa shape index (κ3) is 4.63. The average molecular weight is 707 g/mol. The van der Waals surface area contributed by atoms with Crippen LogP contribution in [0.25, 0.3) is 5.76 Å². The van der Waals surface area contributed by atoms with Crippen molar-refractivity contribution in [3.05, 3.63) is 45.2 Å². The molecule has 0 aromatic heterocycles. The van der Waals surface area contributed by atoms with Gasteiger partial charge in [-0.2, -0.15) is 0 Å². The van der Waals surface area contributed by atoms with Crippen LogP contribution in [0.3, 0.4) is 0 Å². The molecule has 4 rings (SSSR count). The van der Waals surface area contributed by atoms with E-state index in [0.29, 0.717) is 0 Å². The predicted octanol–water partition coefficient (Wildman–Crippen LogP) is -9.09. The second-order valence-corrected chi connectivity index (χ2v) is 9.48. The average Bonchev–Trinajstić information content (AvgIpc) is 2.69. The minimum atomic E-state index is -2.78. The van der Waals surface area contributed by atoms with Crippen molar-refractivity contribution in [3.8, 4) is 5.75 Å². The minimum Gasteiger partial charge on any atom is -1.00 e. The van der Waals surface area contributed by atoms with Gasteiger partial charge in [0, 0.05) is 28.0 Å². The number of hydrogen-bond acceptors (Lipinski definition) is 9. The zero-order valence-electron chi connectivity index (χ0n) is 19.5. The zero-order chi connectivity index (χ0) is 24.8. The number of aliphatic hydroxyl groups excluding tert-OH is 2. The number of phenolic OH excluding ortho intramolecular Hbond substituents is 1. The van der Waals surface area contributed by atoms with Gasteiger partial charge in [-0.05, 0) is 39.6 Å². The Hall–Kier alpha value is -1.23. The number of ketones is 2. The number of Topliss-reactive ketones (excluding diaryl/α,β-unsaturated/α-hetero) is 2. The first-order valence-electron chi connectivity index (χ1n) is 10.1. The number of nitrogens with two attached hydrogens (primary N) is 1. The molecular formula is C22H23Cl4N2O8Sb. The number of benzene rings is 1. The van der Waals surface area contributed by atoms with Gasteiger partial charge in [-0.1, -0.05) is 11.6 Å². The molecule has 202 valence electrons. The number of hydrogen-bond donors (Lipinski definition) is 6. The molecule has 1 saturated carbocycles. The van der Waals surface area contributed by atoms with Gasteiger partial charge in [0.1, 0.15) is 22.8 Å². The van der Waals surface area contributed by atoms with E-state index in [0.717, 1.165) is 0 Å². The van der Waals surface area contributed by atoms with E-state index in [1.807, 2.05) is 0 Å². The molecule has 0 aliphatic heterocycles. The Morgan fingerprint density at radius 2 is 1.65 bits per heavy atom. The first-order valence-corrected chi connectivity index (χ1v) is 10.5. The second kappa shape index (κ2) is 11.5. The Bertz CT molecular complexity index is 1220. The second-order valence-electron chi connectivity index (χ2n) is 9.08. The van der Waals surface area contributed by atoms with Crippen LogP contribution in [-0.4, -0.2) is 98.1 Å². The molecule has 0 unspecified atom stereocenters. The number of carbonyl (C=O) groups is 3. The molecule has 5 atom stereocenters. The van der Waals surface area contributed by atoms with Crippen LogP contribution in [0.4, 0.5) is 0 Å². The SMILES string of the molecule is CN(C)[C@@H]1C(=O)C(C(N)=O)=C(O)[C@@]2(O)C(=O)C3=C(O)c4c(O)ccc(Cl)c4[C@@](C)(O)[C@H]3C[C@@H]12.[Cl-].[Cl-].[Cl-].[Sb+3]. The number of amides is 1. The maximum atomic E-state index is 13.7. The summed E-state index contributed by atoms with van der Waals surface area (Å²) in [5.74, 6) is -8.30. The van der Waals surface area contributed by atoms with Crippen molar-refractivity contribution < 1.29 is 77.1 Å². The van der Waals surface area contributed by atoms with Crippen molar-refractivity contribution in [2.24, 2.45) is 17.6 Å². The normalized spacial score (nSPS) is 30.1. The van der Waals surface area contributed by atoms with Gasteiger partial charge in [0.05, 0.1) is 17.2 Å². The molecule has 1 amide bonds. The van der Waals surface area contributed by atoms with Gasteiger partial charge >= 0.3 is 24.4 Å². The Morgan fingerprint density at radius 1 is 1.11 bits per heavy atom. The van der Waals surface area contributed by atoms with Crippen LogP contribution in [0.5, 0.6) is 5.75 Å². The fraction of sp³-hybridized carbons (Fsp3) is 0.409. The summed E-state index contributed by atoms with van der Waals surface area (Å²) in [4.78, 5) is 40.1. The molecule has 3 aliphatic rings. The van der Waals surface area contributed by atoms with E-state index >= 15 is 0 Å². The Labute approximate surface area is 253 Å². The molecule has 3 aliphatic carbocycles. The third-order valence-corrected chi connectivity index (χ3v) is 7.39. The number of rotatable bonds is 2. The molecular weight excluding hydrogens is 684 g/mol. The molecule has 15 heteroatoms. The van der Waals surface area contributed by atoms with Crippen LogP contribution in [0.1, 0.15) is 24.5 Å². The molecule has 2 radical (unpaired) electrons. The zero-order valence-corrected chi connectivity index (χ0v) is 25.1. The summed E-state index contributed by atoms with van der Waals surface area (Å²) in [6.45, 7) is 1.34. The van der Waals surface area contributed by atoms with E-state index in [9.17, 15) is 39.9 Å². The quantitative estimate of drug-likeness (QED) is 0.129. The minimum absolute atomic E-state index is 0. The molecule has 1 aromatic carbocycles. The van der Waals surface area contributed by atoms with Crippen molar-refractivity contribution in [3.63, 3.8) is 0 Å². The third-order valence-electron chi connectivity index (χ3n) is 7.07. The summed E-state index contributed by atoms with van der Waals surface area (Å²) in [5.41, 5.74) is -1.10. The number of fused-ring (bicyclic) bond motifs is 3. The summed E-state index contributed by atoms with van der Waals surface area (Å²) in [7, 11) is 2.97. The Balaban J connectivity index is 0.00000324. The predicted molar refractivity (Wildman–Crippen MR) is 121 cm³/mol. The monoisotopic (exact) mass is 704 g/mol. The van der Waals surface area contributed by atoms with Crippen LogP contribution < -0.4 is 43.0 Å². The number of halogens is 4. The maximum Gasteiger partial charge on any atom is 3.00 e. The summed E-state index contributed by atoms with van der Waals surface area (Å²) >= 11 is 6.28. The van der Waals surface area contributed by atoms with E-state index < -0.39 is 75.0 Å². The number of carbonyl (C=O) groups excluding carboxylic acids is 3. The van der Waals surface area contributed by atoms with Gasteiger partial charge in [0.25, 0.3) is 5.91 Å². The molecule has 7 N–H and O–H groups in total. The molecule has 0 bridgehead atoms. The van der Waals surface area contributed by atoms with Crippen LogP contribution in [-0.2, 0) is 20.0 Å². The largest absolute Gasteiger partial charge is 3.00 e. The van der Waals surface area contributed by atoms with Crippen molar-refractivity contribution in [1.29, 1.82) is 0 Å². The summed E-state index contributed by atoms with van der Waals surface area (Å²) < 4.78 is 0. The van der Waals surface area contributed by atoms with E-state index in [1.165, 1.54) is 38.1 Å². The molecule has 0 spiro atoms. The van der Waals surface area contributed by atoms with Gasteiger partial charge < -0.3 is 68.5 Å². The summed E-state index contributed by atoms with van der Waals surface area (Å²) in [6, 6.07) is 1.24. The van der Waals surface area contributed by atoms with E-state index in [-0.39, 0.29) is 84.2 Å². The van der Waals surface area contributed by atoms with Gasteiger partial charge in [0.2, 0.25) is 5.78 Å². The summed E-state index contributed by atoms with van der Waals surface area (Å²) in [5, 5.41) is 55.2. The number of phenols is 1. The van der Waals surface area contributed by atoms with Crippen molar-refractivity contribution in [2.75, 3.05) is 14.1 Å². The van der Waals surface area contributed by atoms with E-state index in [2.05, 4.69) is 0 Å². The maximum absolute atomic E-state index is 13.7. The topological polar surface area (TPSA) is 182 Å². The molecule has 1 fully saturated rings. The fourth-order valence-corrected chi connectivity index (χ4v) is 5.93. The molecule has 37 heavy (non-hydrogen) atoms. The number of nitrogens with zero attached hydrogens (tertiary/aromatic N) is 1. The van der Waals surface area contributed by atoms with Gasteiger partial charge in [-0.15, -0.1) is 0 Å². The number of likely N-dealkylation sites (N-methyl/N-ethyl adjacent to an activating group) is 1. The van der Waals surface area contributed by atoms with E-state index in [4.69, 9.17) is 17.3 Å². The van der Waals surface area contributed by atoms with Crippen molar-refractivity contribution in [1.82, 2.24) is 4.90 Å². The fourth-order valence-electron chi connectivity index (χ4n) is 5.58. The van der Waals surface area contributed by atoms with Crippen LogP contribution in [0.2, 0.25) is 5.02 Å². The standard InChI is InChI=1S/C22H23ClN2O8.3ClH.Sb/c1-21(32)7-6-8-15(25(2)3)17(28)13(20(24)31)19(30)22(8,33)18(29)11(7)16(27)12-10(26)5-4-9(23)14(12)21;;;;/h4-5,7-8,15,26-27,30,32-33H,6H2,1-3H3,(H2,24,31);3*1H;/q;;;;+3/p-3/t7-,8-,15-,21-,22-;;;;/m0..../s1. The Kier molecular flexibility index (Phi) is 11.1. The van der Waals surface area contributed by atoms with Crippen LogP contribution in [0, 0.1) is 11.8 Å². The molecule has 1 aromatic rings. The van der Waals surface area contributed by atoms with Crippen LogP contribution in [0.15, 0.2) is 29.0 Å². The van der Waals surface area contributed by atoms with Crippen molar-refractivity contribution >= 4 is 59.3 Å². The first kappa shape index (κ1) is 35.8. The molecule has 10 nitrogen and oxygen atoms in total. The molecule has 0 saturated heterocycles. The smallest absolute Gasteiger partial charge is 1.00 e. The van der Waals surface area contributed by atoms with Crippen LogP contribution >= 0.6 is 11.6 Å². The molecule has 0 heterocycles. The Morgan fingerprint density at radius 3 is 2.14 bits per heavy atom. The van der Waals surface area contributed by atoms with E-state index in [1.54, 1.807) is 0 Å². The summed E-state index contributed by atoms with van der Waals surface area (Å²) in [6.07, 6.45) is -0.259. The first-order chi connectivity index (χ1) is 15.2. The van der Waals surface area contributed by atoms with Gasteiger partial charge in [0.15, 0.2) is 11.4 Å².